The van der Waals surface area contributed by atoms with Crippen LogP contribution in [0.1, 0.15) is 24.1 Å². The van der Waals surface area contributed by atoms with Gasteiger partial charge in [0.05, 0.1) is 12.5 Å². The van der Waals surface area contributed by atoms with Gasteiger partial charge in [-0.1, -0.05) is 42.5 Å². The number of alkyl halides is 3. The Morgan fingerprint density at radius 1 is 1.09 bits per heavy atom. The second-order valence-corrected chi connectivity index (χ2v) is 5.07. The molecule has 2 aromatic carbocycles. The standard InChI is InChI=1S/C17H16F3NO2/c1-12(14-5-3-2-4-6-14)21-16(22)11-13-7-9-15(10-8-13)23-17(18,19)20/h2-10,12H,11H2,1H3,(H,21,22). The molecule has 3 nitrogen and oxygen atoms in total. The summed E-state index contributed by atoms with van der Waals surface area (Å²) in [6, 6.07) is 14.6. The van der Waals surface area contributed by atoms with Crippen molar-refractivity contribution in [1.82, 2.24) is 5.32 Å². The molecule has 0 aliphatic carbocycles. The van der Waals surface area contributed by atoms with Crippen molar-refractivity contribution in [2.75, 3.05) is 0 Å². The fourth-order valence-electron chi connectivity index (χ4n) is 2.11. The van der Waals surface area contributed by atoms with E-state index in [1.807, 2.05) is 37.3 Å². The zero-order chi connectivity index (χ0) is 16.9. The van der Waals surface area contributed by atoms with Crippen molar-refractivity contribution in [2.24, 2.45) is 0 Å². The van der Waals surface area contributed by atoms with Gasteiger partial charge in [0.25, 0.3) is 0 Å². The van der Waals surface area contributed by atoms with E-state index in [9.17, 15) is 18.0 Å². The molecule has 2 aromatic rings. The zero-order valence-corrected chi connectivity index (χ0v) is 12.4. The average molecular weight is 323 g/mol. The number of hydrogen-bond donors (Lipinski definition) is 1. The largest absolute Gasteiger partial charge is 0.573 e. The number of benzene rings is 2. The van der Waals surface area contributed by atoms with Crippen LogP contribution in [0.25, 0.3) is 0 Å². The van der Waals surface area contributed by atoms with Crippen LogP contribution >= 0.6 is 0 Å². The molecule has 0 bridgehead atoms. The van der Waals surface area contributed by atoms with E-state index >= 15 is 0 Å². The van der Waals surface area contributed by atoms with Crippen LogP contribution in [-0.4, -0.2) is 12.3 Å². The molecule has 122 valence electrons. The topological polar surface area (TPSA) is 38.3 Å². The Balaban J connectivity index is 1.90. The van der Waals surface area contributed by atoms with Gasteiger partial charge in [0, 0.05) is 0 Å². The van der Waals surface area contributed by atoms with Gasteiger partial charge in [0.15, 0.2) is 0 Å². The zero-order valence-electron chi connectivity index (χ0n) is 12.4. The van der Waals surface area contributed by atoms with Crippen LogP contribution in [0.3, 0.4) is 0 Å². The first-order valence-corrected chi connectivity index (χ1v) is 7.02. The highest BCUT2D eigenvalue weighted by Gasteiger charge is 2.30. The summed E-state index contributed by atoms with van der Waals surface area (Å²) in [4.78, 5) is 12.0. The maximum absolute atomic E-state index is 12.1. The number of nitrogens with one attached hydrogen (secondary N) is 1. The van der Waals surface area contributed by atoms with Gasteiger partial charge in [-0.25, -0.2) is 0 Å². The molecule has 0 saturated carbocycles. The quantitative estimate of drug-likeness (QED) is 0.903. The number of ether oxygens (including phenoxy) is 1. The molecule has 23 heavy (non-hydrogen) atoms. The molecule has 0 heterocycles. The Morgan fingerprint density at radius 3 is 2.26 bits per heavy atom. The van der Waals surface area contributed by atoms with Crippen molar-refractivity contribution in [3.05, 3.63) is 65.7 Å². The van der Waals surface area contributed by atoms with Crippen LogP contribution in [-0.2, 0) is 11.2 Å². The van der Waals surface area contributed by atoms with Crippen LogP contribution in [0.15, 0.2) is 54.6 Å². The summed E-state index contributed by atoms with van der Waals surface area (Å²) in [5, 5.41) is 2.85. The Kier molecular flexibility index (Phi) is 5.26. The van der Waals surface area contributed by atoms with E-state index in [4.69, 9.17) is 0 Å². The lowest BCUT2D eigenvalue weighted by molar-refractivity contribution is -0.274. The molecule has 0 aliphatic heterocycles. The summed E-state index contributed by atoms with van der Waals surface area (Å²) in [7, 11) is 0. The van der Waals surface area contributed by atoms with Crippen molar-refractivity contribution in [2.45, 2.75) is 25.7 Å². The Morgan fingerprint density at radius 2 is 1.70 bits per heavy atom. The number of hydrogen-bond acceptors (Lipinski definition) is 2. The molecule has 0 fully saturated rings. The van der Waals surface area contributed by atoms with Gasteiger partial charge in [0.2, 0.25) is 5.91 Å². The van der Waals surface area contributed by atoms with Gasteiger partial charge in [-0.15, -0.1) is 13.2 Å². The van der Waals surface area contributed by atoms with Crippen molar-refractivity contribution < 1.29 is 22.7 Å². The van der Waals surface area contributed by atoms with Crippen LogP contribution in [0.2, 0.25) is 0 Å². The Hall–Kier alpha value is -2.50. The average Bonchev–Trinajstić information content (AvgIpc) is 2.48. The summed E-state index contributed by atoms with van der Waals surface area (Å²) < 4.78 is 40.0. The number of carbonyl (C=O) groups excluding carboxylic acids is 1. The maximum atomic E-state index is 12.1. The van der Waals surface area contributed by atoms with Crippen molar-refractivity contribution in [3.8, 4) is 5.75 Å². The minimum Gasteiger partial charge on any atom is -0.406 e. The van der Waals surface area contributed by atoms with Gasteiger partial charge in [-0.2, -0.15) is 0 Å². The molecule has 6 heteroatoms. The third-order valence-electron chi connectivity index (χ3n) is 3.20. The van der Waals surface area contributed by atoms with E-state index in [0.29, 0.717) is 5.56 Å². The summed E-state index contributed by atoms with van der Waals surface area (Å²) in [6.07, 6.45) is -4.63. The number of carbonyl (C=O) groups is 1. The van der Waals surface area contributed by atoms with E-state index in [-0.39, 0.29) is 24.1 Å². The first-order valence-electron chi connectivity index (χ1n) is 7.02. The lowest BCUT2D eigenvalue weighted by Crippen LogP contribution is -2.28. The molecular weight excluding hydrogens is 307 g/mol. The molecule has 0 saturated heterocycles. The van der Waals surface area contributed by atoms with E-state index in [2.05, 4.69) is 10.1 Å². The number of amides is 1. The molecular formula is C17H16F3NO2. The van der Waals surface area contributed by atoms with Gasteiger partial charge < -0.3 is 10.1 Å². The van der Waals surface area contributed by atoms with Gasteiger partial charge in [-0.05, 0) is 30.2 Å². The van der Waals surface area contributed by atoms with E-state index in [1.54, 1.807) is 0 Å². The minimum atomic E-state index is -4.72. The number of rotatable bonds is 5. The molecule has 1 unspecified atom stereocenters. The monoisotopic (exact) mass is 323 g/mol. The lowest BCUT2D eigenvalue weighted by atomic mass is 10.1. The SMILES string of the molecule is CC(NC(=O)Cc1ccc(OC(F)(F)F)cc1)c1ccccc1. The Labute approximate surface area is 132 Å². The van der Waals surface area contributed by atoms with Crippen molar-refractivity contribution in [1.29, 1.82) is 0 Å². The normalized spacial score (nSPS) is 12.5. The summed E-state index contributed by atoms with van der Waals surface area (Å²) in [6.45, 7) is 1.87. The second kappa shape index (κ2) is 7.17. The molecule has 0 spiro atoms. The third-order valence-corrected chi connectivity index (χ3v) is 3.20. The van der Waals surface area contributed by atoms with Crippen LogP contribution < -0.4 is 10.1 Å². The van der Waals surface area contributed by atoms with E-state index < -0.39 is 6.36 Å². The highest BCUT2D eigenvalue weighted by atomic mass is 19.4. The smallest absolute Gasteiger partial charge is 0.406 e. The molecule has 1 N–H and O–H groups in total. The highest BCUT2D eigenvalue weighted by Crippen LogP contribution is 2.22. The van der Waals surface area contributed by atoms with Gasteiger partial charge >= 0.3 is 6.36 Å². The van der Waals surface area contributed by atoms with E-state index in [1.165, 1.54) is 24.3 Å². The van der Waals surface area contributed by atoms with E-state index in [0.717, 1.165) is 5.56 Å². The first kappa shape index (κ1) is 16.9. The highest BCUT2D eigenvalue weighted by molar-refractivity contribution is 5.79. The molecule has 2 rings (SSSR count). The first-order chi connectivity index (χ1) is 10.8. The predicted molar refractivity (Wildman–Crippen MR) is 79.8 cm³/mol. The van der Waals surface area contributed by atoms with Crippen LogP contribution in [0, 0.1) is 0 Å². The second-order valence-electron chi connectivity index (χ2n) is 5.07. The molecule has 0 aromatic heterocycles. The van der Waals surface area contributed by atoms with Gasteiger partial charge in [0.1, 0.15) is 5.75 Å². The van der Waals surface area contributed by atoms with Crippen LogP contribution in [0.5, 0.6) is 5.75 Å². The van der Waals surface area contributed by atoms with Crippen LogP contribution in [0.4, 0.5) is 13.2 Å². The molecule has 1 atom stereocenters. The van der Waals surface area contributed by atoms with Crippen molar-refractivity contribution in [3.63, 3.8) is 0 Å². The fourth-order valence-corrected chi connectivity index (χ4v) is 2.11. The minimum absolute atomic E-state index is 0.0868. The lowest BCUT2D eigenvalue weighted by Gasteiger charge is -2.14. The Bertz CT molecular complexity index is 639. The molecule has 0 aliphatic rings. The fraction of sp³-hybridized carbons (Fsp3) is 0.235. The predicted octanol–water partition coefficient (Wildman–Crippen LogP) is 4.01. The number of halogens is 3. The molecule has 1 amide bonds. The summed E-state index contributed by atoms with van der Waals surface area (Å²) in [5.41, 5.74) is 1.59. The molecule has 0 radical (unpaired) electrons. The third kappa shape index (κ3) is 5.65. The van der Waals surface area contributed by atoms with Gasteiger partial charge in [-0.3, -0.25) is 4.79 Å². The van der Waals surface area contributed by atoms with Crippen molar-refractivity contribution >= 4 is 5.91 Å². The summed E-state index contributed by atoms with van der Waals surface area (Å²) in [5.74, 6) is -0.509. The summed E-state index contributed by atoms with van der Waals surface area (Å²) >= 11 is 0. The maximum Gasteiger partial charge on any atom is 0.573 e.